The van der Waals surface area contributed by atoms with Gasteiger partial charge in [0, 0.05) is 24.9 Å². The fraction of sp³-hybridized carbons (Fsp3) is 0.667. The number of amides is 1. The van der Waals surface area contributed by atoms with Gasteiger partial charge in [-0.25, -0.2) is 0 Å². The monoisotopic (exact) mass is 262 g/mol. The van der Waals surface area contributed by atoms with E-state index < -0.39 is 0 Å². The fourth-order valence-electron chi connectivity index (χ4n) is 2.35. The van der Waals surface area contributed by atoms with Crippen LogP contribution in [0.25, 0.3) is 0 Å². The van der Waals surface area contributed by atoms with E-state index in [0.29, 0.717) is 31.5 Å². The maximum atomic E-state index is 11.5. The van der Waals surface area contributed by atoms with Gasteiger partial charge in [0.15, 0.2) is 0 Å². The van der Waals surface area contributed by atoms with E-state index in [1.54, 1.807) is 0 Å². The largest absolute Gasteiger partial charge is 0.464 e. The van der Waals surface area contributed by atoms with Gasteiger partial charge < -0.3 is 15.1 Å². The molecule has 2 fully saturated rings. The molecule has 0 spiro atoms. The van der Waals surface area contributed by atoms with E-state index >= 15 is 0 Å². The second-order valence-corrected chi connectivity index (χ2v) is 5.89. The summed E-state index contributed by atoms with van der Waals surface area (Å²) in [6, 6.07) is 4.59. The zero-order valence-electron chi connectivity index (χ0n) is 11.4. The van der Waals surface area contributed by atoms with Gasteiger partial charge in [-0.2, -0.15) is 0 Å². The highest BCUT2D eigenvalue weighted by Crippen LogP contribution is 2.47. The van der Waals surface area contributed by atoms with Gasteiger partial charge >= 0.3 is 0 Å². The maximum Gasteiger partial charge on any atom is 0.221 e. The highest BCUT2D eigenvalue weighted by molar-refractivity contribution is 5.76. The highest BCUT2D eigenvalue weighted by Gasteiger charge is 2.36. The van der Waals surface area contributed by atoms with Gasteiger partial charge in [0.2, 0.25) is 5.91 Å². The van der Waals surface area contributed by atoms with Crippen LogP contribution in [0.15, 0.2) is 16.5 Å². The predicted octanol–water partition coefficient (Wildman–Crippen LogP) is 2.16. The van der Waals surface area contributed by atoms with Crippen LogP contribution in [-0.4, -0.2) is 18.5 Å². The molecule has 0 saturated heterocycles. The van der Waals surface area contributed by atoms with Crippen molar-refractivity contribution in [1.29, 1.82) is 0 Å². The Bertz CT molecular complexity index is 451. The fourth-order valence-corrected chi connectivity index (χ4v) is 2.35. The van der Waals surface area contributed by atoms with Gasteiger partial charge in [-0.1, -0.05) is 6.92 Å². The average Bonchev–Trinajstić information content (AvgIpc) is 3.28. The third kappa shape index (κ3) is 3.60. The molecule has 3 rings (SSSR count). The highest BCUT2D eigenvalue weighted by atomic mass is 16.3. The molecule has 104 valence electrons. The Morgan fingerprint density at radius 1 is 1.42 bits per heavy atom. The minimum Gasteiger partial charge on any atom is -0.464 e. The van der Waals surface area contributed by atoms with Crippen molar-refractivity contribution in [3.8, 4) is 0 Å². The van der Waals surface area contributed by atoms with Crippen molar-refractivity contribution in [1.82, 2.24) is 10.6 Å². The lowest BCUT2D eigenvalue weighted by atomic mass is 10.3. The Morgan fingerprint density at radius 2 is 2.21 bits per heavy atom. The summed E-state index contributed by atoms with van der Waals surface area (Å²) in [6.07, 6.45) is 4.09. The first-order valence-electron chi connectivity index (χ1n) is 7.31. The molecular formula is C15H22N2O2. The summed E-state index contributed by atoms with van der Waals surface area (Å²) in [6.45, 7) is 3.66. The number of carbonyl (C=O) groups excluding carboxylic acids is 1. The molecule has 1 amide bonds. The lowest BCUT2D eigenvalue weighted by Crippen LogP contribution is -2.28. The standard InChI is InChI=1S/C15H22N2O2/c1-10-8-13(10)14-5-4-12(19-14)9-16-7-6-15(18)17-11-2-3-11/h4-5,10-11,13,16H,2-3,6-9H2,1H3,(H,17,18). The maximum absolute atomic E-state index is 11.5. The molecule has 19 heavy (non-hydrogen) atoms. The Hall–Kier alpha value is -1.29. The molecule has 1 heterocycles. The third-order valence-corrected chi connectivity index (χ3v) is 3.93. The number of hydrogen-bond donors (Lipinski definition) is 2. The van der Waals surface area contributed by atoms with Crippen LogP contribution in [-0.2, 0) is 11.3 Å². The first-order chi connectivity index (χ1) is 9.22. The first-order valence-corrected chi connectivity index (χ1v) is 7.31. The van der Waals surface area contributed by atoms with E-state index in [9.17, 15) is 4.79 Å². The molecule has 1 aromatic rings. The molecule has 4 heteroatoms. The number of carbonyl (C=O) groups is 1. The van der Waals surface area contributed by atoms with Crippen molar-refractivity contribution < 1.29 is 9.21 Å². The quantitative estimate of drug-likeness (QED) is 0.740. The van der Waals surface area contributed by atoms with Crippen molar-refractivity contribution in [2.75, 3.05) is 6.54 Å². The number of furan rings is 1. The van der Waals surface area contributed by atoms with Crippen LogP contribution in [0.2, 0.25) is 0 Å². The van der Waals surface area contributed by atoms with Gasteiger partial charge in [0.05, 0.1) is 6.54 Å². The summed E-state index contributed by atoms with van der Waals surface area (Å²) in [5, 5.41) is 6.24. The molecule has 2 atom stereocenters. The van der Waals surface area contributed by atoms with Crippen molar-refractivity contribution in [3.63, 3.8) is 0 Å². The first kappa shape index (κ1) is 12.7. The molecule has 2 saturated carbocycles. The molecule has 2 aliphatic carbocycles. The number of rotatable bonds is 7. The summed E-state index contributed by atoms with van der Waals surface area (Å²) >= 11 is 0. The Balaban J connectivity index is 1.33. The molecule has 0 bridgehead atoms. The Kier molecular flexibility index (Phi) is 3.60. The summed E-state index contributed by atoms with van der Waals surface area (Å²) in [5.41, 5.74) is 0. The van der Waals surface area contributed by atoms with E-state index in [1.165, 1.54) is 6.42 Å². The lowest BCUT2D eigenvalue weighted by Gasteiger charge is -2.04. The normalized spacial score (nSPS) is 25.3. The minimum atomic E-state index is 0.155. The van der Waals surface area contributed by atoms with E-state index in [1.807, 2.05) is 6.07 Å². The molecule has 2 aliphatic rings. The van der Waals surface area contributed by atoms with Gasteiger partial charge in [-0.3, -0.25) is 4.79 Å². The molecule has 2 unspecified atom stereocenters. The van der Waals surface area contributed by atoms with Crippen LogP contribution in [0.4, 0.5) is 0 Å². The predicted molar refractivity (Wildman–Crippen MR) is 72.7 cm³/mol. The second-order valence-electron chi connectivity index (χ2n) is 5.89. The van der Waals surface area contributed by atoms with Crippen molar-refractivity contribution in [2.45, 2.75) is 51.1 Å². The van der Waals surface area contributed by atoms with E-state index in [0.717, 1.165) is 30.3 Å². The molecule has 0 aromatic carbocycles. The topological polar surface area (TPSA) is 54.3 Å². The molecule has 2 N–H and O–H groups in total. The van der Waals surface area contributed by atoms with E-state index in [2.05, 4.69) is 23.6 Å². The van der Waals surface area contributed by atoms with Gasteiger partial charge in [0.25, 0.3) is 0 Å². The van der Waals surface area contributed by atoms with Gasteiger partial charge in [0.1, 0.15) is 11.5 Å². The molecule has 0 aliphatic heterocycles. The van der Waals surface area contributed by atoms with E-state index in [4.69, 9.17) is 4.42 Å². The van der Waals surface area contributed by atoms with Gasteiger partial charge in [-0.05, 0) is 37.3 Å². The molecule has 1 aromatic heterocycles. The molecular weight excluding hydrogens is 240 g/mol. The van der Waals surface area contributed by atoms with Crippen molar-refractivity contribution in [3.05, 3.63) is 23.7 Å². The minimum absolute atomic E-state index is 0.155. The Morgan fingerprint density at radius 3 is 2.89 bits per heavy atom. The zero-order chi connectivity index (χ0) is 13.2. The summed E-state index contributed by atoms with van der Waals surface area (Å²) < 4.78 is 5.80. The van der Waals surface area contributed by atoms with Crippen molar-refractivity contribution in [2.24, 2.45) is 5.92 Å². The summed E-state index contributed by atoms with van der Waals surface area (Å²) in [5.74, 6) is 3.66. The molecule has 4 nitrogen and oxygen atoms in total. The second kappa shape index (κ2) is 5.37. The number of hydrogen-bond acceptors (Lipinski definition) is 3. The van der Waals surface area contributed by atoms with Crippen LogP contribution in [0, 0.1) is 5.92 Å². The SMILES string of the molecule is CC1CC1c1ccc(CNCCC(=O)NC2CC2)o1. The van der Waals surface area contributed by atoms with E-state index in [-0.39, 0.29) is 5.91 Å². The van der Waals surface area contributed by atoms with Crippen LogP contribution in [0.3, 0.4) is 0 Å². The summed E-state index contributed by atoms with van der Waals surface area (Å²) in [7, 11) is 0. The average molecular weight is 262 g/mol. The number of nitrogens with one attached hydrogen (secondary N) is 2. The Labute approximate surface area is 113 Å². The van der Waals surface area contributed by atoms with Crippen LogP contribution in [0.1, 0.15) is 50.0 Å². The van der Waals surface area contributed by atoms with Crippen LogP contribution >= 0.6 is 0 Å². The lowest BCUT2D eigenvalue weighted by molar-refractivity contribution is -0.121. The van der Waals surface area contributed by atoms with Gasteiger partial charge in [-0.15, -0.1) is 0 Å². The van der Waals surface area contributed by atoms with Crippen molar-refractivity contribution >= 4 is 5.91 Å². The smallest absolute Gasteiger partial charge is 0.221 e. The summed E-state index contributed by atoms with van der Waals surface area (Å²) in [4.78, 5) is 11.5. The van der Waals surface area contributed by atoms with Crippen LogP contribution in [0.5, 0.6) is 0 Å². The molecule has 0 radical (unpaired) electrons. The third-order valence-electron chi connectivity index (χ3n) is 3.93. The zero-order valence-corrected chi connectivity index (χ0v) is 11.4. The van der Waals surface area contributed by atoms with Crippen LogP contribution < -0.4 is 10.6 Å².